The normalized spacial score (nSPS) is 10.6. The fourth-order valence-corrected chi connectivity index (χ4v) is 2.14. The Bertz CT molecular complexity index is 329. The lowest BCUT2D eigenvalue weighted by atomic mass is 10.3. The van der Waals surface area contributed by atoms with Crippen LogP contribution in [0.5, 0.6) is 11.5 Å². The maximum atomic E-state index is 5.25. The zero-order valence-corrected chi connectivity index (χ0v) is 11.1. The molecule has 0 atom stereocenters. The quantitative estimate of drug-likeness (QED) is 0.613. The van der Waals surface area contributed by atoms with Crippen LogP contribution < -0.4 is 14.8 Å². The molecule has 0 saturated heterocycles. The molecule has 0 amide bonds. The Morgan fingerprint density at radius 1 is 1.19 bits per heavy atom. The maximum Gasteiger partial charge on any atom is 0.161 e. The average Bonchev–Trinajstić information content (AvgIpc) is 2.28. The van der Waals surface area contributed by atoms with E-state index in [1.54, 1.807) is 26.0 Å². The number of hydrogen-bond acceptors (Lipinski definition) is 4. The summed E-state index contributed by atoms with van der Waals surface area (Å²) in [6, 6.07) is 6.46. The molecule has 0 saturated carbocycles. The van der Waals surface area contributed by atoms with E-state index in [2.05, 4.69) is 19.2 Å². The zero-order valence-electron chi connectivity index (χ0n) is 10.2. The van der Waals surface area contributed by atoms with E-state index in [0.717, 1.165) is 17.4 Å². The van der Waals surface area contributed by atoms with Gasteiger partial charge in [-0.2, -0.15) is 0 Å². The van der Waals surface area contributed by atoms with Crippen LogP contribution in [-0.4, -0.2) is 26.1 Å². The van der Waals surface area contributed by atoms with Gasteiger partial charge in [0.2, 0.25) is 0 Å². The molecule has 0 radical (unpaired) electrons. The fraction of sp³-hybridized carbons (Fsp3) is 0.500. The third-order valence-electron chi connectivity index (χ3n) is 2.09. The van der Waals surface area contributed by atoms with Crippen molar-refractivity contribution in [3.8, 4) is 11.5 Å². The molecular formula is C12H19NO2S. The summed E-state index contributed by atoms with van der Waals surface area (Å²) in [4.78, 5) is 1.17. The van der Waals surface area contributed by atoms with Crippen LogP contribution in [0.3, 0.4) is 0 Å². The van der Waals surface area contributed by atoms with Gasteiger partial charge in [-0.1, -0.05) is 13.8 Å². The van der Waals surface area contributed by atoms with Crippen molar-refractivity contribution in [2.75, 3.05) is 20.1 Å². The lowest BCUT2D eigenvalue weighted by Gasteiger charge is -2.10. The monoisotopic (exact) mass is 241 g/mol. The Kier molecular flexibility index (Phi) is 5.49. The predicted molar refractivity (Wildman–Crippen MR) is 68.5 cm³/mol. The van der Waals surface area contributed by atoms with Crippen molar-refractivity contribution in [3.05, 3.63) is 18.2 Å². The van der Waals surface area contributed by atoms with Gasteiger partial charge in [0.25, 0.3) is 0 Å². The van der Waals surface area contributed by atoms with Crippen molar-refractivity contribution in [3.63, 3.8) is 0 Å². The van der Waals surface area contributed by atoms with Crippen LogP contribution in [0.4, 0.5) is 0 Å². The van der Waals surface area contributed by atoms with Crippen LogP contribution in [-0.2, 0) is 0 Å². The van der Waals surface area contributed by atoms with E-state index < -0.39 is 0 Å². The first-order chi connectivity index (χ1) is 7.67. The van der Waals surface area contributed by atoms with Gasteiger partial charge in [-0.05, 0) is 18.2 Å². The van der Waals surface area contributed by atoms with E-state index in [1.165, 1.54) is 4.90 Å². The number of thioether (sulfide) groups is 1. The van der Waals surface area contributed by atoms with E-state index in [0.29, 0.717) is 6.04 Å². The molecule has 0 aliphatic heterocycles. The minimum atomic E-state index is 0.507. The van der Waals surface area contributed by atoms with E-state index in [1.807, 2.05) is 18.2 Å². The highest BCUT2D eigenvalue weighted by Crippen LogP contribution is 2.31. The minimum absolute atomic E-state index is 0.507. The summed E-state index contributed by atoms with van der Waals surface area (Å²) in [5, 5.41) is 3.35. The summed E-state index contributed by atoms with van der Waals surface area (Å²) in [5.41, 5.74) is 0. The number of rotatable bonds is 6. The SMILES string of the molecule is COc1ccc(SCNC(C)C)cc1OC. The second kappa shape index (κ2) is 6.66. The lowest BCUT2D eigenvalue weighted by Crippen LogP contribution is -2.21. The third kappa shape index (κ3) is 3.94. The van der Waals surface area contributed by atoms with E-state index >= 15 is 0 Å². The second-order valence-electron chi connectivity index (χ2n) is 3.66. The number of methoxy groups -OCH3 is 2. The highest BCUT2D eigenvalue weighted by molar-refractivity contribution is 7.99. The van der Waals surface area contributed by atoms with Gasteiger partial charge in [0.15, 0.2) is 11.5 Å². The maximum absolute atomic E-state index is 5.25. The van der Waals surface area contributed by atoms with Gasteiger partial charge in [0.05, 0.1) is 14.2 Å². The first-order valence-electron chi connectivity index (χ1n) is 5.25. The molecule has 0 aliphatic rings. The molecule has 0 bridgehead atoms. The Balaban J connectivity index is 2.60. The minimum Gasteiger partial charge on any atom is -0.493 e. The smallest absolute Gasteiger partial charge is 0.161 e. The van der Waals surface area contributed by atoms with E-state index in [4.69, 9.17) is 9.47 Å². The van der Waals surface area contributed by atoms with Gasteiger partial charge >= 0.3 is 0 Å². The zero-order chi connectivity index (χ0) is 12.0. The Hall–Kier alpha value is -0.870. The largest absolute Gasteiger partial charge is 0.493 e. The summed E-state index contributed by atoms with van der Waals surface area (Å²) in [6.07, 6.45) is 0. The molecule has 16 heavy (non-hydrogen) atoms. The van der Waals surface area contributed by atoms with Crippen molar-refractivity contribution in [1.29, 1.82) is 0 Å². The lowest BCUT2D eigenvalue weighted by molar-refractivity contribution is 0.354. The van der Waals surface area contributed by atoms with Gasteiger partial charge in [-0.25, -0.2) is 0 Å². The molecule has 3 nitrogen and oxygen atoms in total. The molecular weight excluding hydrogens is 222 g/mol. The molecule has 1 aromatic rings. The highest BCUT2D eigenvalue weighted by Gasteiger charge is 2.04. The number of nitrogens with one attached hydrogen (secondary N) is 1. The molecule has 0 aliphatic carbocycles. The summed E-state index contributed by atoms with van der Waals surface area (Å²) in [7, 11) is 3.30. The number of ether oxygens (including phenoxy) is 2. The Morgan fingerprint density at radius 3 is 2.44 bits per heavy atom. The molecule has 1 N–H and O–H groups in total. The molecule has 0 aromatic heterocycles. The summed E-state index contributed by atoms with van der Waals surface area (Å²) in [5.74, 6) is 2.44. The molecule has 1 rings (SSSR count). The molecule has 0 fully saturated rings. The van der Waals surface area contributed by atoms with Crippen LogP contribution in [0.25, 0.3) is 0 Å². The van der Waals surface area contributed by atoms with Crippen molar-refractivity contribution in [2.45, 2.75) is 24.8 Å². The van der Waals surface area contributed by atoms with Crippen LogP contribution >= 0.6 is 11.8 Å². The van der Waals surface area contributed by atoms with Crippen LogP contribution in [0.1, 0.15) is 13.8 Å². The van der Waals surface area contributed by atoms with Gasteiger partial charge in [-0.15, -0.1) is 11.8 Å². The Labute approximate surface area is 102 Å². The van der Waals surface area contributed by atoms with E-state index in [-0.39, 0.29) is 0 Å². The van der Waals surface area contributed by atoms with Crippen molar-refractivity contribution in [1.82, 2.24) is 5.32 Å². The highest BCUT2D eigenvalue weighted by atomic mass is 32.2. The van der Waals surface area contributed by atoms with Gasteiger partial charge < -0.3 is 14.8 Å². The van der Waals surface area contributed by atoms with Gasteiger partial charge in [-0.3, -0.25) is 0 Å². The molecule has 0 unspecified atom stereocenters. The number of hydrogen-bond donors (Lipinski definition) is 1. The van der Waals surface area contributed by atoms with Gasteiger partial charge in [0, 0.05) is 16.8 Å². The fourth-order valence-electron chi connectivity index (χ4n) is 1.20. The van der Waals surface area contributed by atoms with Crippen molar-refractivity contribution >= 4 is 11.8 Å². The Morgan fingerprint density at radius 2 is 1.88 bits per heavy atom. The van der Waals surface area contributed by atoms with Crippen molar-refractivity contribution < 1.29 is 9.47 Å². The van der Waals surface area contributed by atoms with Gasteiger partial charge in [0.1, 0.15) is 0 Å². The summed E-state index contributed by atoms with van der Waals surface area (Å²) in [6.45, 7) is 4.27. The summed E-state index contributed by atoms with van der Waals surface area (Å²) >= 11 is 1.75. The molecule has 1 aromatic carbocycles. The first kappa shape index (κ1) is 13.2. The van der Waals surface area contributed by atoms with E-state index in [9.17, 15) is 0 Å². The third-order valence-corrected chi connectivity index (χ3v) is 2.98. The average molecular weight is 241 g/mol. The predicted octanol–water partition coefficient (Wildman–Crippen LogP) is 2.75. The number of benzene rings is 1. The molecule has 4 heteroatoms. The van der Waals surface area contributed by atoms with Crippen LogP contribution in [0.15, 0.2) is 23.1 Å². The molecule has 90 valence electrons. The van der Waals surface area contributed by atoms with Crippen molar-refractivity contribution in [2.24, 2.45) is 0 Å². The standard InChI is InChI=1S/C12H19NO2S/c1-9(2)13-8-16-10-5-6-11(14-3)12(7-10)15-4/h5-7,9,13H,8H2,1-4H3. The van der Waals surface area contributed by atoms with Crippen LogP contribution in [0, 0.1) is 0 Å². The molecule has 0 heterocycles. The second-order valence-corrected chi connectivity index (χ2v) is 4.71. The topological polar surface area (TPSA) is 30.5 Å². The summed E-state index contributed by atoms with van der Waals surface area (Å²) < 4.78 is 10.4. The first-order valence-corrected chi connectivity index (χ1v) is 6.24. The molecule has 0 spiro atoms. The van der Waals surface area contributed by atoms with Crippen LogP contribution in [0.2, 0.25) is 0 Å².